The van der Waals surface area contributed by atoms with Gasteiger partial charge in [-0.25, -0.2) is 0 Å². The van der Waals surface area contributed by atoms with Crippen molar-refractivity contribution in [3.63, 3.8) is 0 Å². The molecule has 2 saturated heterocycles. The van der Waals surface area contributed by atoms with Gasteiger partial charge in [0.05, 0.1) is 6.61 Å². The van der Waals surface area contributed by atoms with Gasteiger partial charge in [0.2, 0.25) is 11.8 Å². The molecule has 2 aliphatic heterocycles. The van der Waals surface area contributed by atoms with Crippen LogP contribution in [0.4, 0.5) is 0 Å². The van der Waals surface area contributed by atoms with Gasteiger partial charge in [0.25, 0.3) is 5.91 Å². The summed E-state index contributed by atoms with van der Waals surface area (Å²) in [6.07, 6.45) is 0.989. The van der Waals surface area contributed by atoms with Crippen LogP contribution in [-0.4, -0.2) is 65.0 Å². The van der Waals surface area contributed by atoms with E-state index in [9.17, 15) is 14.4 Å². The molecular weight excluding hydrogens is 382 g/mol. The Morgan fingerprint density at radius 1 is 1.10 bits per heavy atom. The fourth-order valence-electron chi connectivity index (χ4n) is 4.33. The molecule has 1 aromatic carbocycles. The molecule has 1 unspecified atom stereocenters. The highest BCUT2D eigenvalue weighted by atomic mass is 16.5. The fourth-order valence-corrected chi connectivity index (χ4v) is 4.33. The van der Waals surface area contributed by atoms with Crippen LogP contribution in [0.15, 0.2) is 24.3 Å². The summed E-state index contributed by atoms with van der Waals surface area (Å²) in [6, 6.07) is 6.68. The van der Waals surface area contributed by atoms with Gasteiger partial charge in [0.1, 0.15) is 11.8 Å². The maximum absolute atomic E-state index is 13.7. The van der Waals surface area contributed by atoms with Crippen LogP contribution in [-0.2, 0) is 14.3 Å². The molecular formula is C23H33N3O4. The number of benzene rings is 1. The van der Waals surface area contributed by atoms with E-state index in [0.717, 1.165) is 5.56 Å². The highest BCUT2D eigenvalue weighted by Crippen LogP contribution is 2.39. The van der Waals surface area contributed by atoms with Crippen molar-refractivity contribution < 1.29 is 19.1 Å². The standard InChI is InChI=1S/C23H33N3O4/c1-15(2)21(28)25-12-10-23(11-13-25)26(19(14-30-23)20(27)24-16(3)4)22(29)18-9-7-6-8-17(18)5/h6-9,15-16,19H,10-14H2,1-5H3,(H,24,27). The van der Waals surface area contributed by atoms with Gasteiger partial charge in [-0.05, 0) is 32.4 Å². The highest BCUT2D eigenvalue weighted by Gasteiger charge is 2.54. The van der Waals surface area contributed by atoms with Crippen LogP contribution in [0, 0.1) is 12.8 Å². The van der Waals surface area contributed by atoms with Gasteiger partial charge in [-0.3, -0.25) is 19.3 Å². The first-order chi connectivity index (χ1) is 14.2. The molecule has 0 aliphatic carbocycles. The summed E-state index contributed by atoms with van der Waals surface area (Å²) in [5.74, 6) is -0.366. The van der Waals surface area contributed by atoms with E-state index in [2.05, 4.69) is 5.32 Å². The second-order valence-corrected chi connectivity index (χ2v) is 8.91. The third-order valence-corrected chi connectivity index (χ3v) is 5.94. The zero-order valence-electron chi connectivity index (χ0n) is 18.6. The van der Waals surface area contributed by atoms with Gasteiger partial charge in [0.15, 0.2) is 0 Å². The van der Waals surface area contributed by atoms with Crippen molar-refractivity contribution in [1.29, 1.82) is 0 Å². The van der Waals surface area contributed by atoms with Gasteiger partial charge in [-0.2, -0.15) is 0 Å². The molecule has 7 heteroatoms. The molecule has 2 heterocycles. The van der Waals surface area contributed by atoms with E-state index in [-0.39, 0.29) is 36.3 Å². The molecule has 1 aromatic rings. The lowest BCUT2D eigenvalue weighted by Crippen LogP contribution is -2.60. The number of rotatable bonds is 4. The Kier molecular flexibility index (Phi) is 6.50. The van der Waals surface area contributed by atoms with Crippen molar-refractivity contribution in [2.24, 2.45) is 5.92 Å². The van der Waals surface area contributed by atoms with Crippen LogP contribution in [0.2, 0.25) is 0 Å². The Morgan fingerprint density at radius 3 is 2.30 bits per heavy atom. The number of piperidine rings is 1. The molecule has 164 valence electrons. The van der Waals surface area contributed by atoms with Gasteiger partial charge in [-0.1, -0.05) is 32.0 Å². The van der Waals surface area contributed by atoms with Crippen LogP contribution in [0.1, 0.15) is 56.5 Å². The normalized spacial score (nSPS) is 20.8. The monoisotopic (exact) mass is 415 g/mol. The quantitative estimate of drug-likeness (QED) is 0.819. The van der Waals surface area contributed by atoms with E-state index in [1.54, 1.807) is 11.0 Å². The van der Waals surface area contributed by atoms with Crippen molar-refractivity contribution in [1.82, 2.24) is 15.1 Å². The van der Waals surface area contributed by atoms with Gasteiger partial charge < -0.3 is 15.0 Å². The van der Waals surface area contributed by atoms with Gasteiger partial charge in [0, 0.05) is 43.5 Å². The predicted molar refractivity (Wildman–Crippen MR) is 114 cm³/mol. The predicted octanol–water partition coefficient (Wildman–Crippen LogP) is 2.34. The molecule has 0 saturated carbocycles. The molecule has 2 fully saturated rings. The topological polar surface area (TPSA) is 79.0 Å². The third kappa shape index (κ3) is 4.21. The first-order valence-electron chi connectivity index (χ1n) is 10.8. The molecule has 0 radical (unpaired) electrons. The number of likely N-dealkylation sites (tertiary alicyclic amines) is 1. The minimum Gasteiger partial charge on any atom is -0.353 e. The largest absolute Gasteiger partial charge is 0.353 e. The SMILES string of the molecule is Cc1ccccc1C(=O)N1C(C(=O)NC(C)C)COC12CCN(C(=O)C(C)C)CC2. The molecule has 30 heavy (non-hydrogen) atoms. The van der Waals surface area contributed by atoms with Crippen molar-refractivity contribution >= 4 is 17.7 Å². The molecule has 0 aromatic heterocycles. The Bertz CT molecular complexity index is 812. The minimum atomic E-state index is -0.869. The number of carbonyl (C=O) groups is 3. The highest BCUT2D eigenvalue weighted by molar-refractivity contribution is 5.99. The van der Waals surface area contributed by atoms with Crippen LogP contribution < -0.4 is 5.32 Å². The number of amides is 3. The lowest BCUT2D eigenvalue weighted by atomic mass is 9.95. The molecule has 3 amide bonds. The molecule has 3 rings (SSSR count). The summed E-state index contributed by atoms with van der Waals surface area (Å²) in [4.78, 5) is 42.5. The Labute approximate surface area is 178 Å². The van der Waals surface area contributed by atoms with E-state index in [1.165, 1.54) is 0 Å². The molecule has 1 spiro atoms. The summed E-state index contributed by atoms with van der Waals surface area (Å²) < 4.78 is 6.19. The van der Waals surface area contributed by atoms with E-state index >= 15 is 0 Å². The van der Waals surface area contributed by atoms with Crippen LogP contribution in [0.3, 0.4) is 0 Å². The van der Waals surface area contributed by atoms with E-state index in [4.69, 9.17) is 4.74 Å². The number of hydrogen-bond acceptors (Lipinski definition) is 4. The Morgan fingerprint density at radius 2 is 1.73 bits per heavy atom. The zero-order chi connectivity index (χ0) is 22.1. The van der Waals surface area contributed by atoms with Crippen LogP contribution in [0.25, 0.3) is 0 Å². The summed E-state index contributed by atoms with van der Waals surface area (Å²) in [5.41, 5.74) is 0.567. The first kappa shape index (κ1) is 22.3. The lowest BCUT2D eigenvalue weighted by molar-refractivity contribution is -0.146. The summed E-state index contributed by atoms with van der Waals surface area (Å²) in [6.45, 7) is 10.6. The van der Waals surface area contributed by atoms with Crippen molar-refractivity contribution in [3.8, 4) is 0 Å². The Hall–Kier alpha value is -2.41. The fraction of sp³-hybridized carbons (Fsp3) is 0.609. The number of aryl methyl sites for hydroxylation is 1. The number of nitrogens with one attached hydrogen (secondary N) is 1. The number of hydrogen-bond donors (Lipinski definition) is 1. The maximum Gasteiger partial charge on any atom is 0.257 e. The molecule has 1 N–H and O–H groups in total. The number of nitrogens with zero attached hydrogens (tertiary/aromatic N) is 2. The van der Waals surface area contributed by atoms with E-state index < -0.39 is 11.8 Å². The van der Waals surface area contributed by atoms with E-state index in [0.29, 0.717) is 31.5 Å². The lowest BCUT2D eigenvalue weighted by Gasteiger charge is -2.45. The average molecular weight is 416 g/mol. The summed E-state index contributed by atoms with van der Waals surface area (Å²) in [7, 11) is 0. The van der Waals surface area contributed by atoms with Crippen molar-refractivity contribution in [2.75, 3.05) is 19.7 Å². The van der Waals surface area contributed by atoms with Crippen molar-refractivity contribution in [2.45, 2.75) is 65.3 Å². The summed E-state index contributed by atoms with van der Waals surface area (Å²) in [5, 5.41) is 2.92. The minimum absolute atomic E-state index is 0.0324. The molecule has 1 atom stereocenters. The first-order valence-corrected chi connectivity index (χ1v) is 10.8. The third-order valence-electron chi connectivity index (χ3n) is 5.94. The zero-order valence-corrected chi connectivity index (χ0v) is 18.6. The number of carbonyl (C=O) groups excluding carboxylic acids is 3. The van der Waals surface area contributed by atoms with Gasteiger partial charge in [-0.15, -0.1) is 0 Å². The van der Waals surface area contributed by atoms with E-state index in [1.807, 2.05) is 57.7 Å². The van der Waals surface area contributed by atoms with Crippen LogP contribution >= 0.6 is 0 Å². The van der Waals surface area contributed by atoms with Crippen molar-refractivity contribution in [3.05, 3.63) is 35.4 Å². The molecule has 7 nitrogen and oxygen atoms in total. The van der Waals surface area contributed by atoms with Gasteiger partial charge >= 0.3 is 0 Å². The second kappa shape index (κ2) is 8.76. The number of ether oxygens (including phenoxy) is 1. The van der Waals surface area contributed by atoms with Crippen LogP contribution in [0.5, 0.6) is 0 Å². The molecule has 0 bridgehead atoms. The average Bonchev–Trinajstić information content (AvgIpc) is 3.06. The Balaban J connectivity index is 1.91. The summed E-state index contributed by atoms with van der Waals surface area (Å²) >= 11 is 0. The second-order valence-electron chi connectivity index (χ2n) is 8.91. The maximum atomic E-state index is 13.7. The molecule has 2 aliphatic rings. The smallest absolute Gasteiger partial charge is 0.257 e.